The Balaban J connectivity index is 2.07. The molecule has 0 aliphatic heterocycles. The number of para-hydroxylation sites is 2. The van der Waals surface area contributed by atoms with Crippen molar-refractivity contribution in [3.63, 3.8) is 0 Å². The average molecular weight is 334 g/mol. The van der Waals surface area contributed by atoms with Gasteiger partial charge in [0.1, 0.15) is 6.54 Å². The maximum atomic E-state index is 6.35. The average Bonchev–Trinajstić information content (AvgIpc) is 2.79. The molecule has 0 unspecified atom stereocenters. The first-order valence-corrected chi connectivity index (χ1v) is 8.23. The molecule has 0 saturated carbocycles. The van der Waals surface area contributed by atoms with Gasteiger partial charge in [-0.2, -0.15) is 0 Å². The second kappa shape index (κ2) is 6.31. The van der Waals surface area contributed by atoms with Gasteiger partial charge in [0.25, 0.3) is 5.82 Å². The Morgan fingerprint density at radius 1 is 1.09 bits per heavy atom. The third-order valence-corrected chi connectivity index (χ3v) is 4.33. The summed E-state index contributed by atoms with van der Waals surface area (Å²) in [7, 11) is 0. The molecule has 3 aromatic rings. The molecule has 114 valence electrons. The summed E-state index contributed by atoms with van der Waals surface area (Å²) in [5, 5.41) is 1.38. The van der Waals surface area contributed by atoms with Gasteiger partial charge in [-0.05, 0) is 30.2 Å². The molecule has 0 aliphatic carbocycles. The molecule has 0 atom stereocenters. The first kappa shape index (κ1) is 15.4. The van der Waals surface area contributed by atoms with Gasteiger partial charge < -0.3 is 0 Å². The summed E-state index contributed by atoms with van der Waals surface area (Å²) < 4.78 is 2.31. The summed E-state index contributed by atoms with van der Waals surface area (Å²) in [4.78, 5) is 3.54. The number of benzene rings is 2. The van der Waals surface area contributed by atoms with E-state index in [0.717, 1.165) is 24.0 Å². The smallest absolute Gasteiger partial charge is 0.241 e. The highest BCUT2D eigenvalue weighted by Crippen LogP contribution is 2.22. The van der Waals surface area contributed by atoms with Crippen molar-refractivity contribution < 1.29 is 4.57 Å². The predicted octanol–water partition coefficient (Wildman–Crippen LogP) is 5.01. The van der Waals surface area contributed by atoms with Crippen LogP contribution in [0.5, 0.6) is 0 Å². The van der Waals surface area contributed by atoms with Gasteiger partial charge in [-0.25, -0.2) is 9.55 Å². The van der Waals surface area contributed by atoms with Crippen molar-refractivity contribution in [1.82, 2.24) is 4.98 Å². The lowest BCUT2D eigenvalue weighted by molar-refractivity contribution is -0.670. The Bertz CT molecular complexity index is 806. The van der Waals surface area contributed by atoms with Crippen molar-refractivity contribution in [2.75, 3.05) is 0 Å². The lowest BCUT2D eigenvalue weighted by Crippen LogP contribution is -2.38. The Hall–Kier alpha value is -1.51. The second-order valence-corrected chi connectivity index (χ2v) is 6.85. The van der Waals surface area contributed by atoms with Gasteiger partial charge in [0, 0.05) is 15.6 Å². The monoisotopic (exact) mass is 333 g/mol. The number of aromatic amines is 1. The van der Waals surface area contributed by atoms with Crippen molar-refractivity contribution in [3.8, 4) is 0 Å². The molecule has 0 amide bonds. The molecule has 2 nitrogen and oxygen atoms in total. The fraction of sp³-hybridized carbons (Fsp3) is 0.278. The fourth-order valence-electron chi connectivity index (χ4n) is 2.73. The fourth-order valence-corrected chi connectivity index (χ4v) is 3.20. The molecule has 1 aromatic heterocycles. The van der Waals surface area contributed by atoms with Crippen LogP contribution >= 0.6 is 23.2 Å². The molecule has 22 heavy (non-hydrogen) atoms. The van der Waals surface area contributed by atoms with Crippen molar-refractivity contribution in [2.24, 2.45) is 5.92 Å². The molecular weight excluding hydrogens is 315 g/mol. The zero-order valence-electron chi connectivity index (χ0n) is 12.7. The largest absolute Gasteiger partial charge is 0.255 e. The Labute approximate surface area is 140 Å². The third kappa shape index (κ3) is 3.13. The summed E-state index contributed by atoms with van der Waals surface area (Å²) in [5.74, 6) is 1.81. The lowest BCUT2D eigenvalue weighted by Gasteiger charge is -2.06. The van der Waals surface area contributed by atoms with Crippen LogP contribution in [0.2, 0.25) is 10.0 Å². The number of halogens is 2. The molecule has 4 heteroatoms. The summed E-state index contributed by atoms with van der Waals surface area (Å²) in [6.45, 7) is 5.19. The highest BCUT2D eigenvalue weighted by molar-refractivity contribution is 6.35. The van der Waals surface area contributed by atoms with E-state index in [1.807, 2.05) is 12.1 Å². The Kier molecular flexibility index (Phi) is 4.42. The number of imidazole rings is 1. The van der Waals surface area contributed by atoms with Gasteiger partial charge in [-0.1, -0.05) is 55.2 Å². The van der Waals surface area contributed by atoms with Gasteiger partial charge in [-0.15, -0.1) is 0 Å². The van der Waals surface area contributed by atoms with Gasteiger partial charge in [0.05, 0.1) is 6.42 Å². The molecule has 0 radical (unpaired) electrons. The molecule has 1 heterocycles. The van der Waals surface area contributed by atoms with E-state index in [9.17, 15) is 0 Å². The van der Waals surface area contributed by atoms with Crippen LogP contribution in [0, 0.1) is 5.92 Å². The number of fused-ring (bicyclic) bond motifs is 1. The van der Waals surface area contributed by atoms with Crippen molar-refractivity contribution in [1.29, 1.82) is 0 Å². The number of hydrogen-bond donors (Lipinski definition) is 1. The molecule has 0 aliphatic rings. The van der Waals surface area contributed by atoms with Crippen LogP contribution in [0.15, 0.2) is 42.5 Å². The van der Waals surface area contributed by atoms with E-state index in [4.69, 9.17) is 23.2 Å². The normalized spacial score (nSPS) is 11.5. The molecule has 3 rings (SSSR count). The first-order valence-electron chi connectivity index (χ1n) is 7.48. The Morgan fingerprint density at radius 2 is 1.86 bits per heavy atom. The van der Waals surface area contributed by atoms with Crippen molar-refractivity contribution in [2.45, 2.75) is 26.8 Å². The van der Waals surface area contributed by atoms with E-state index in [2.05, 4.69) is 47.7 Å². The lowest BCUT2D eigenvalue weighted by atomic mass is 10.1. The zero-order valence-corrected chi connectivity index (χ0v) is 14.2. The molecule has 0 saturated heterocycles. The molecule has 0 fully saturated rings. The van der Waals surface area contributed by atoms with Crippen LogP contribution in [-0.4, -0.2) is 4.98 Å². The number of rotatable bonds is 4. The molecule has 0 bridgehead atoms. The number of aromatic nitrogens is 2. The quantitative estimate of drug-likeness (QED) is 0.647. The van der Waals surface area contributed by atoms with Crippen LogP contribution in [0.1, 0.15) is 25.2 Å². The number of nitrogens with one attached hydrogen (secondary N) is 1. The number of hydrogen-bond acceptors (Lipinski definition) is 0. The van der Waals surface area contributed by atoms with Gasteiger partial charge >= 0.3 is 0 Å². The number of nitrogens with zero attached hydrogens (tertiary/aromatic N) is 1. The van der Waals surface area contributed by atoms with E-state index >= 15 is 0 Å². The topological polar surface area (TPSA) is 19.7 Å². The van der Waals surface area contributed by atoms with Crippen LogP contribution in [0.3, 0.4) is 0 Å². The van der Waals surface area contributed by atoms with E-state index in [-0.39, 0.29) is 0 Å². The third-order valence-electron chi connectivity index (χ3n) is 3.74. The van der Waals surface area contributed by atoms with E-state index in [0.29, 0.717) is 16.0 Å². The second-order valence-electron chi connectivity index (χ2n) is 6.01. The van der Waals surface area contributed by atoms with Crippen molar-refractivity contribution in [3.05, 3.63) is 63.9 Å². The SMILES string of the molecule is CC(C)Cc1[nH]c2ccccc2[n+]1Cc1ccc(Cl)cc1Cl. The minimum absolute atomic E-state index is 0.583. The van der Waals surface area contributed by atoms with Gasteiger partial charge in [0.15, 0.2) is 11.0 Å². The zero-order chi connectivity index (χ0) is 15.7. The Morgan fingerprint density at radius 3 is 2.59 bits per heavy atom. The first-order chi connectivity index (χ1) is 10.5. The van der Waals surface area contributed by atoms with Crippen molar-refractivity contribution >= 4 is 34.2 Å². The summed E-state index contributed by atoms with van der Waals surface area (Å²) in [6.07, 6.45) is 1.000. The van der Waals surface area contributed by atoms with Crippen LogP contribution < -0.4 is 4.57 Å². The molecule has 1 N–H and O–H groups in total. The summed E-state index contributed by atoms with van der Waals surface area (Å²) in [5.41, 5.74) is 3.43. The molecular formula is C18H19Cl2N2+. The minimum atomic E-state index is 0.583. The number of H-pyrrole nitrogens is 1. The highest BCUT2D eigenvalue weighted by atomic mass is 35.5. The summed E-state index contributed by atoms with van der Waals surface area (Å²) in [6, 6.07) is 14.1. The van der Waals surface area contributed by atoms with E-state index < -0.39 is 0 Å². The standard InChI is InChI=1S/C18H18Cl2N2/c1-12(2)9-18-21-16-5-3-4-6-17(16)22(18)11-13-7-8-14(19)10-15(13)20/h3-8,10,12H,9,11H2,1-2H3/p+1. The van der Waals surface area contributed by atoms with E-state index in [1.165, 1.54) is 11.3 Å². The molecule has 0 spiro atoms. The maximum Gasteiger partial charge on any atom is 0.255 e. The highest BCUT2D eigenvalue weighted by Gasteiger charge is 2.20. The van der Waals surface area contributed by atoms with Crippen LogP contribution in [-0.2, 0) is 13.0 Å². The minimum Gasteiger partial charge on any atom is -0.241 e. The van der Waals surface area contributed by atoms with Gasteiger partial charge in [0.2, 0.25) is 0 Å². The van der Waals surface area contributed by atoms with Crippen LogP contribution in [0.4, 0.5) is 0 Å². The molecule has 2 aromatic carbocycles. The predicted molar refractivity (Wildman–Crippen MR) is 92.6 cm³/mol. The maximum absolute atomic E-state index is 6.35. The summed E-state index contributed by atoms with van der Waals surface area (Å²) >= 11 is 12.3. The van der Waals surface area contributed by atoms with Crippen LogP contribution in [0.25, 0.3) is 11.0 Å². The van der Waals surface area contributed by atoms with E-state index in [1.54, 1.807) is 6.07 Å². The van der Waals surface area contributed by atoms with Gasteiger partial charge in [-0.3, -0.25) is 0 Å².